The van der Waals surface area contributed by atoms with E-state index in [9.17, 15) is 14.4 Å². The first kappa shape index (κ1) is 14.4. The first-order valence-corrected chi connectivity index (χ1v) is 6.50. The minimum atomic E-state index is -1.04. The standard InChI is InChI=1S/C16H8N2O5/c17-18-13-14(19)11-8-10(6-7-12(11)23-16(13)21)22-15(20)9-4-2-1-3-5-9/h1-8H. The lowest BCUT2D eigenvalue weighted by atomic mass is 10.0. The Morgan fingerprint density at radius 2 is 1.83 bits per heavy atom. The molecule has 0 fully saturated rings. The van der Waals surface area contributed by atoms with Gasteiger partial charge < -0.3 is 15.0 Å². The summed E-state index contributed by atoms with van der Waals surface area (Å²) in [5.41, 5.74) is 8.29. The number of esters is 2. The molecule has 0 N–H and O–H groups in total. The molecule has 1 aliphatic rings. The van der Waals surface area contributed by atoms with E-state index in [-0.39, 0.29) is 17.1 Å². The Bertz CT molecular complexity index is 883. The minimum absolute atomic E-state index is 0.00640. The molecule has 3 rings (SSSR count). The highest BCUT2D eigenvalue weighted by molar-refractivity contribution is 6.67. The number of carbonyl (C=O) groups is 3. The fourth-order valence-electron chi connectivity index (χ4n) is 2.03. The molecule has 0 radical (unpaired) electrons. The van der Waals surface area contributed by atoms with Gasteiger partial charge in [-0.25, -0.2) is 9.59 Å². The van der Waals surface area contributed by atoms with Crippen LogP contribution in [0.2, 0.25) is 0 Å². The van der Waals surface area contributed by atoms with Crippen molar-refractivity contribution < 1.29 is 28.6 Å². The van der Waals surface area contributed by atoms with E-state index in [0.29, 0.717) is 5.56 Å². The smallest absolute Gasteiger partial charge is 0.423 e. The SMILES string of the molecule is [N-]=[N+]=C1C(=O)Oc2ccc(OC(=O)c3ccccc3)cc2C1=O. The van der Waals surface area contributed by atoms with Gasteiger partial charge in [0.15, 0.2) is 0 Å². The molecule has 0 spiro atoms. The third-order valence-corrected chi connectivity index (χ3v) is 3.13. The van der Waals surface area contributed by atoms with Gasteiger partial charge in [0.1, 0.15) is 11.5 Å². The van der Waals surface area contributed by atoms with Crippen molar-refractivity contribution in [3.8, 4) is 11.5 Å². The van der Waals surface area contributed by atoms with Gasteiger partial charge in [-0.05, 0) is 30.3 Å². The summed E-state index contributed by atoms with van der Waals surface area (Å²) < 4.78 is 10.0. The molecule has 0 saturated carbocycles. The Morgan fingerprint density at radius 1 is 1.09 bits per heavy atom. The maximum Gasteiger partial charge on any atom is 0.446 e. The van der Waals surface area contributed by atoms with Gasteiger partial charge in [-0.1, -0.05) is 18.2 Å². The molecule has 0 amide bonds. The van der Waals surface area contributed by atoms with Gasteiger partial charge in [-0.15, -0.1) is 0 Å². The van der Waals surface area contributed by atoms with Crippen molar-refractivity contribution in [1.29, 1.82) is 0 Å². The molecular formula is C16H8N2O5. The average molecular weight is 308 g/mol. The van der Waals surface area contributed by atoms with Crippen LogP contribution in [0.4, 0.5) is 0 Å². The molecule has 7 nitrogen and oxygen atoms in total. The van der Waals surface area contributed by atoms with Crippen LogP contribution >= 0.6 is 0 Å². The zero-order chi connectivity index (χ0) is 16.4. The molecule has 2 aromatic carbocycles. The first-order chi connectivity index (χ1) is 11.1. The normalized spacial score (nSPS) is 13.0. The van der Waals surface area contributed by atoms with Gasteiger partial charge in [0, 0.05) is 0 Å². The van der Waals surface area contributed by atoms with Crippen molar-refractivity contribution in [2.24, 2.45) is 0 Å². The quantitative estimate of drug-likeness (QED) is 0.363. The van der Waals surface area contributed by atoms with E-state index in [1.807, 2.05) is 0 Å². The summed E-state index contributed by atoms with van der Waals surface area (Å²) in [6, 6.07) is 12.3. The minimum Gasteiger partial charge on any atom is -0.423 e. The maximum absolute atomic E-state index is 12.0. The fourth-order valence-corrected chi connectivity index (χ4v) is 2.03. The second-order valence-corrected chi connectivity index (χ2v) is 4.58. The van der Waals surface area contributed by atoms with E-state index < -0.39 is 23.4 Å². The van der Waals surface area contributed by atoms with E-state index in [1.165, 1.54) is 18.2 Å². The Morgan fingerprint density at radius 3 is 2.52 bits per heavy atom. The van der Waals surface area contributed by atoms with Gasteiger partial charge in [-0.3, -0.25) is 4.79 Å². The summed E-state index contributed by atoms with van der Waals surface area (Å²) in [5, 5.41) is 0. The molecule has 0 aromatic heterocycles. The van der Waals surface area contributed by atoms with Gasteiger partial charge in [0.2, 0.25) is 0 Å². The second-order valence-electron chi connectivity index (χ2n) is 4.58. The van der Waals surface area contributed by atoms with E-state index in [2.05, 4.69) is 4.79 Å². The predicted octanol–water partition coefficient (Wildman–Crippen LogP) is 1.68. The Balaban J connectivity index is 1.91. The first-order valence-electron chi connectivity index (χ1n) is 6.50. The van der Waals surface area contributed by atoms with Gasteiger partial charge in [0.05, 0.1) is 11.1 Å². The number of fused-ring (bicyclic) bond motifs is 1. The molecule has 23 heavy (non-hydrogen) atoms. The molecule has 0 atom stereocenters. The Hall–Kier alpha value is -3.57. The zero-order valence-electron chi connectivity index (χ0n) is 11.6. The molecule has 0 saturated heterocycles. The maximum atomic E-state index is 12.0. The van der Waals surface area contributed by atoms with E-state index in [0.717, 1.165) is 0 Å². The van der Waals surface area contributed by atoms with Gasteiger partial charge >= 0.3 is 17.7 Å². The topological polar surface area (TPSA) is 106 Å². The van der Waals surface area contributed by atoms with E-state index in [4.69, 9.17) is 15.0 Å². The number of carbonyl (C=O) groups excluding carboxylic acids is 3. The Labute approximate surface area is 129 Å². The number of Topliss-reactive ketones (excluding diaryl/α,β-unsaturated/α-hetero) is 1. The molecule has 0 bridgehead atoms. The summed E-state index contributed by atoms with van der Waals surface area (Å²) in [4.78, 5) is 38.1. The number of ether oxygens (including phenoxy) is 2. The lowest BCUT2D eigenvalue weighted by molar-refractivity contribution is -0.131. The molecule has 2 aromatic rings. The van der Waals surface area contributed by atoms with Crippen molar-refractivity contribution >= 4 is 23.4 Å². The van der Waals surface area contributed by atoms with Crippen LogP contribution in [0.1, 0.15) is 20.7 Å². The van der Waals surface area contributed by atoms with Crippen LogP contribution in [0.25, 0.3) is 5.53 Å². The van der Waals surface area contributed by atoms with Crippen molar-refractivity contribution in [3.63, 3.8) is 0 Å². The number of hydrogen-bond donors (Lipinski definition) is 0. The molecule has 0 aliphatic carbocycles. The summed E-state index contributed by atoms with van der Waals surface area (Å²) in [5.74, 6) is -2.34. The van der Waals surface area contributed by atoms with Crippen LogP contribution in [-0.4, -0.2) is 28.2 Å². The number of benzene rings is 2. The molecular weight excluding hydrogens is 300 g/mol. The molecule has 1 heterocycles. The molecule has 112 valence electrons. The summed E-state index contributed by atoms with van der Waals surface area (Å²) in [6.45, 7) is 0. The predicted molar refractivity (Wildman–Crippen MR) is 76.4 cm³/mol. The second kappa shape index (κ2) is 5.67. The third kappa shape index (κ3) is 2.64. The number of rotatable bonds is 2. The largest absolute Gasteiger partial charge is 0.446 e. The van der Waals surface area contributed by atoms with Crippen molar-refractivity contribution in [2.75, 3.05) is 0 Å². The van der Waals surface area contributed by atoms with Crippen molar-refractivity contribution in [1.82, 2.24) is 0 Å². The highest BCUT2D eigenvalue weighted by Crippen LogP contribution is 2.28. The van der Waals surface area contributed by atoms with Crippen LogP contribution in [0.15, 0.2) is 48.5 Å². The Kier molecular flexibility index (Phi) is 3.54. The number of nitrogens with zero attached hydrogens (tertiary/aromatic N) is 2. The lowest BCUT2D eigenvalue weighted by Crippen LogP contribution is -2.34. The number of hydrogen-bond acceptors (Lipinski definition) is 5. The van der Waals surface area contributed by atoms with E-state index in [1.54, 1.807) is 30.3 Å². The van der Waals surface area contributed by atoms with Crippen molar-refractivity contribution in [3.05, 3.63) is 65.2 Å². The van der Waals surface area contributed by atoms with Gasteiger partial charge in [-0.2, -0.15) is 4.79 Å². The van der Waals surface area contributed by atoms with Crippen LogP contribution in [0.5, 0.6) is 11.5 Å². The summed E-state index contributed by atoms with van der Waals surface area (Å²) in [6.07, 6.45) is 0. The van der Waals surface area contributed by atoms with Crippen LogP contribution in [0.3, 0.4) is 0 Å². The highest BCUT2D eigenvalue weighted by Gasteiger charge is 2.40. The lowest BCUT2D eigenvalue weighted by Gasteiger charge is -2.12. The fraction of sp³-hybridized carbons (Fsp3) is 0. The summed E-state index contributed by atoms with van der Waals surface area (Å²) >= 11 is 0. The summed E-state index contributed by atoms with van der Waals surface area (Å²) in [7, 11) is 0. The molecule has 0 unspecified atom stereocenters. The third-order valence-electron chi connectivity index (χ3n) is 3.13. The van der Waals surface area contributed by atoms with Gasteiger partial charge in [0.25, 0.3) is 5.78 Å². The molecule has 1 aliphatic heterocycles. The number of ketones is 1. The van der Waals surface area contributed by atoms with Crippen LogP contribution in [-0.2, 0) is 4.79 Å². The average Bonchev–Trinajstić information content (AvgIpc) is 2.56. The van der Waals surface area contributed by atoms with Crippen LogP contribution in [0, 0.1) is 0 Å². The highest BCUT2D eigenvalue weighted by atomic mass is 16.5. The van der Waals surface area contributed by atoms with Crippen molar-refractivity contribution in [2.45, 2.75) is 0 Å². The van der Waals surface area contributed by atoms with E-state index >= 15 is 0 Å². The molecule has 7 heteroatoms. The zero-order valence-corrected chi connectivity index (χ0v) is 11.6. The monoisotopic (exact) mass is 308 g/mol. The van der Waals surface area contributed by atoms with Crippen LogP contribution < -0.4 is 9.47 Å².